The van der Waals surface area contributed by atoms with Crippen molar-refractivity contribution in [1.29, 1.82) is 0 Å². The van der Waals surface area contributed by atoms with Gasteiger partial charge in [0.1, 0.15) is 0 Å². The first-order chi connectivity index (χ1) is 6.86. The molecule has 0 aliphatic heterocycles. The van der Waals surface area contributed by atoms with Gasteiger partial charge in [-0.05, 0) is 18.2 Å². The Kier molecular flexibility index (Phi) is 2.40. The Hall–Kier alpha value is -1.91. The lowest BCUT2D eigenvalue weighted by atomic mass is 10.4. The fraction of sp³-hybridized carbons (Fsp3) is 0.111. The quantitative estimate of drug-likeness (QED) is 0.725. The summed E-state index contributed by atoms with van der Waals surface area (Å²) in [4.78, 5) is 3.52. The van der Waals surface area contributed by atoms with Gasteiger partial charge in [-0.2, -0.15) is 9.49 Å². The zero-order chi connectivity index (χ0) is 9.80. The summed E-state index contributed by atoms with van der Waals surface area (Å²) < 4.78 is 13.0. The molecule has 2 rings (SSSR count). The Labute approximate surface area is 80.2 Å². The van der Waals surface area contributed by atoms with Gasteiger partial charge in [-0.3, -0.25) is 5.10 Å². The molecule has 2 N–H and O–H groups in total. The van der Waals surface area contributed by atoms with Gasteiger partial charge in [-0.1, -0.05) is 0 Å². The van der Waals surface area contributed by atoms with Gasteiger partial charge in [0.15, 0.2) is 0 Å². The predicted molar refractivity (Wildman–Crippen MR) is 50.1 cm³/mol. The van der Waals surface area contributed by atoms with Crippen molar-refractivity contribution < 1.29 is 4.39 Å². The largest absolute Gasteiger partial charge is 0.376 e. The SMILES string of the molecule is Fc1ncccc1NCc1ccn[nH]1. The first-order valence-corrected chi connectivity index (χ1v) is 4.19. The number of aromatic nitrogens is 3. The number of nitrogens with one attached hydrogen (secondary N) is 2. The first kappa shape index (κ1) is 8.68. The summed E-state index contributed by atoms with van der Waals surface area (Å²) >= 11 is 0. The summed E-state index contributed by atoms with van der Waals surface area (Å²) in [6.07, 6.45) is 3.06. The molecule has 5 heteroatoms. The fourth-order valence-electron chi connectivity index (χ4n) is 1.09. The molecule has 72 valence electrons. The maximum Gasteiger partial charge on any atom is 0.236 e. The Morgan fingerprint density at radius 1 is 1.36 bits per heavy atom. The van der Waals surface area contributed by atoms with Crippen LogP contribution in [-0.2, 0) is 6.54 Å². The number of aromatic amines is 1. The zero-order valence-electron chi connectivity index (χ0n) is 7.37. The molecular formula is C9H9FN4. The maximum atomic E-state index is 13.0. The molecule has 0 amide bonds. The number of rotatable bonds is 3. The van der Waals surface area contributed by atoms with E-state index in [4.69, 9.17) is 0 Å². The Morgan fingerprint density at radius 2 is 2.29 bits per heavy atom. The van der Waals surface area contributed by atoms with Gasteiger partial charge in [-0.15, -0.1) is 0 Å². The van der Waals surface area contributed by atoms with Crippen LogP contribution in [0.2, 0.25) is 0 Å². The van der Waals surface area contributed by atoms with E-state index in [0.29, 0.717) is 12.2 Å². The molecule has 0 aromatic carbocycles. The lowest BCUT2D eigenvalue weighted by Crippen LogP contribution is -2.02. The van der Waals surface area contributed by atoms with Crippen molar-refractivity contribution >= 4 is 5.69 Å². The van der Waals surface area contributed by atoms with Crippen LogP contribution in [0.4, 0.5) is 10.1 Å². The van der Waals surface area contributed by atoms with Crippen LogP contribution >= 0.6 is 0 Å². The molecule has 2 heterocycles. The van der Waals surface area contributed by atoms with E-state index in [1.807, 2.05) is 6.07 Å². The minimum absolute atomic E-state index is 0.391. The van der Waals surface area contributed by atoms with E-state index in [2.05, 4.69) is 20.5 Å². The Bertz CT molecular complexity index is 399. The van der Waals surface area contributed by atoms with E-state index in [-0.39, 0.29) is 0 Å². The molecule has 14 heavy (non-hydrogen) atoms. The van der Waals surface area contributed by atoms with Crippen molar-refractivity contribution in [3.63, 3.8) is 0 Å². The average molecular weight is 192 g/mol. The third kappa shape index (κ3) is 1.87. The highest BCUT2D eigenvalue weighted by Crippen LogP contribution is 2.10. The minimum atomic E-state index is -0.494. The van der Waals surface area contributed by atoms with Crippen LogP contribution in [0.25, 0.3) is 0 Å². The van der Waals surface area contributed by atoms with Crippen molar-refractivity contribution in [2.24, 2.45) is 0 Å². The second-order valence-corrected chi connectivity index (χ2v) is 2.78. The second-order valence-electron chi connectivity index (χ2n) is 2.78. The molecule has 0 saturated heterocycles. The fourth-order valence-corrected chi connectivity index (χ4v) is 1.09. The van der Waals surface area contributed by atoms with Gasteiger partial charge in [0.25, 0.3) is 0 Å². The molecule has 0 atom stereocenters. The summed E-state index contributed by atoms with van der Waals surface area (Å²) in [7, 11) is 0. The highest BCUT2D eigenvalue weighted by Gasteiger charge is 2.00. The summed E-state index contributed by atoms with van der Waals surface area (Å²) in [6.45, 7) is 0.503. The lowest BCUT2D eigenvalue weighted by Gasteiger charge is -2.04. The molecule has 0 bridgehead atoms. The first-order valence-electron chi connectivity index (χ1n) is 4.19. The predicted octanol–water partition coefficient (Wildman–Crippen LogP) is 1.56. The van der Waals surface area contributed by atoms with Crippen LogP contribution in [0.1, 0.15) is 5.69 Å². The molecule has 4 nitrogen and oxygen atoms in total. The normalized spacial score (nSPS) is 10.1. The average Bonchev–Trinajstić information content (AvgIpc) is 2.69. The number of hydrogen-bond acceptors (Lipinski definition) is 3. The van der Waals surface area contributed by atoms with Crippen molar-refractivity contribution in [2.75, 3.05) is 5.32 Å². The number of nitrogens with zero attached hydrogens (tertiary/aromatic N) is 2. The van der Waals surface area contributed by atoms with E-state index in [9.17, 15) is 4.39 Å². The molecular weight excluding hydrogens is 183 g/mol. The molecule has 2 aromatic heterocycles. The number of pyridine rings is 1. The summed E-state index contributed by atoms with van der Waals surface area (Å²) in [5.74, 6) is -0.494. The summed E-state index contributed by atoms with van der Waals surface area (Å²) in [6, 6.07) is 5.14. The third-order valence-electron chi connectivity index (χ3n) is 1.79. The second kappa shape index (κ2) is 3.87. The van der Waals surface area contributed by atoms with Crippen LogP contribution < -0.4 is 5.32 Å². The molecule has 0 fully saturated rings. The van der Waals surface area contributed by atoms with Crippen molar-refractivity contribution in [1.82, 2.24) is 15.2 Å². The van der Waals surface area contributed by atoms with Gasteiger partial charge < -0.3 is 5.32 Å². The smallest absolute Gasteiger partial charge is 0.236 e. The summed E-state index contributed by atoms with van der Waals surface area (Å²) in [5.41, 5.74) is 1.29. The molecule has 0 aliphatic rings. The molecule has 0 radical (unpaired) electrons. The minimum Gasteiger partial charge on any atom is -0.376 e. The van der Waals surface area contributed by atoms with E-state index in [1.165, 1.54) is 6.20 Å². The number of hydrogen-bond donors (Lipinski definition) is 2. The molecule has 0 saturated carbocycles. The van der Waals surface area contributed by atoms with E-state index in [1.54, 1.807) is 18.3 Å². The van der Waals surface area contributed by atoms with Gasteiger partial charge in [0.2, 0.25) is 5.95 Å². The topological polar surface area (TPSA) is 53.6 Å². The third-order valence-corrected chi connectivity index (χ3v) is 1.79. The molecule has 0 aliphatic carbocycles. The zero-order valence-corrected chi connectivity index (χ0v) is 7.37. The Balaban J connectivity index is 2.02. The number of halogens is 1. The maximum absolute atomic E-state index is 13.0. The van der Waals surface area contributed by atoms with E-state index < -0.39 is 5.95 Å². The summed E-state index contributed by atoms with van der Waals surface area (Å²) in [5, 5.41) is 9.46. The standard InChI is InChI=1S/C9H9FN4/c10-9-8(2-1-4-11-9)12-6-7-3-5-13-14-7/h1-5,12H,6H2,(H,13,14). The molecule has 0 spiro atoms. The number of anilines is 1. The lowest BCUT2D eigenvalue weighted by molar-refractivity contribution is 0.586. The van der Waals surface area contributed by atoms with Gasteiger partial charge in [-0.25, -0.2) is 4.98 Å². The van der Waals surface area contributed by atoms with Gasteiger partial charge >= 0.3 is 0 Å². The molecule has 0 unspecified atom stereocenters. The van der Waals surface area contributed by atoms with Crippen LogP contribution in [0, 0.1) is 5.95 Å². The number of H-pyrrole nitrogens is 1. The van der Waals surface area contributed by atoms with E-state index >= 15 is 0 Å². The van der Waals surface area contributed by atoms with Crippen LogP contribution in [0.5, 0.6) is 0 Å². The Morgan fingerprint density at radius 3 is 3.00 bits per heavy atom. The highest BCUT2D eigenvalue weighted by atomic mass is 19.1. The highest BCUT2D eigenvalue weighted by molar-refractivity contribution is 5.41. The van der Waals surface area contributed by atoms with E-state index in [0.717, 1.165) is 5.69 Å². The van der Waals surface area contributed by atoms with Crippen LogP contribution in [0.3, 0.4) is 0 Å². The van der Waals surface area contributed by atoms with Crippen LogP contribution in [0.15, 0.2) is 30.6 Å². The van der Waals surface area contributed by atoms with Gasteiger partial charge in [0.05, 0.1) is 17.9 Å². The van der Waals surface area contributed by atoms with Gasteiger partial charge in [0, 0.05) is 12.4 Å². The van der Waals surface area contributed by atoms with Crippen molar-refractivity contribution in [2.45, 2.75) is 6.54 Å². The van der Waals surface area contributed by atoms with Crippen molar-refractivity contribution in [3.8, 4) is 0 Å². The van der Waals surface area contributed by atoms with Crippen molar-refractivity contribution in [3.05, 3.63) is 42.2 Å². The molecule has 2 aromatic rings. The van der Waals surface area contributed by atoms with Crippen LogP contribution in [-0.4, -0.2) is 15.2 Å². The monoisotopic (exact) mass is 192 g/mol.